The number of rotatable bonds is 3. The molecule has 0 bridgehead atoms. The quantitative estimate of drug-likeness (QED) is 0.857. The van der Waals surface area contributed by atoms with Crippen molar-refractivity contribution >= 4 is 23.3 Å². The fraction of sp³-hybridized carbons (Fsp3) is 0.100. The molecule has 0 radical (unpaired) electrons. The second-order valence-corrected chi connectivity index (χ2v) is 3.85. The van der Waals surface area contributed by atoms with Gasteiger partial charge in [0.05, 0.1) is 18.8 Å². The molecule has 88 valence electrons. The van der Waals surface area contributed by atoms with Gasteiger partial charge < -0.3 is 9.47 Å². The van der Waals surface area contributed by atoms with E-state index in [0.29, 0.717) is 11.5 Å². The van der Waals surface area contributed by atoms with Gasteiger partial charge >= 0.3 is 0 Å². The van der Waals surface area contributed by atoms with E-state index in [4.69, 9.17) is 21.1 Å². The Morgan fingerprint density at radius 3 is 2.47 bits per heavy atom. The molecule has 0 fully saturated rings. The first kappa shape index (κ1) is 11.8. The minimum atomic E-state index is -0.527. The zero-order valence-corrected chi connectivity index (χ0v) is 10.3. The monoisotopic (exact) mass is 270 g/mol. The highest BCUT2D eigenvalue weighted by molar-refractivity contribution is 6.99. The Morgan fingerprint density at radius 1 is 1.18 bits per heavy atom. The summed E-state index contributed by atoms with van der Waals surface area (Å²) in [6.07, 6.45) is 0. The Kier molecular flexibility index (Phi) is 3.55. The predicted molar refractivity (Wildman–Crippen MR) is 64.3 cm³/mol. The molecule has 1 aromatic carbocycles. The van der Waals surface area contributed by atoms with Crippen LogP contribution in [-0.2, 0) is 0 Å². The molecule has 0 amide bonds. The van der Waals surface area contributed by atoms with Crippen molar-refractivity contribution in [3.63, 3.8) is 0 Å². The first-order valence-electron chi connectivity index (χ1n) is 4.55. The molecule has 0 saturated carbocycles. The largest absolute Gasteiger partial charge is 0.497 e. The van der Waals surface area contributed by atoms with Crippen LogP contribution in [0.4, 0.5) is 0 Å². The molecule has 0 saturated heterocycles. The van der Waals surface area contributed by atoms with Crippen LogP contribution in [0.1, 0.15) is 0 Å². The molecule has 0 aliphatic carbocycles. The highest BCUT2D eigenvalue weighted by Crippen LogP contribution is 2.21. The molecular formula is C10H7ClN2O3S. The minimum Gasteiger partial charge on any atom is -0.497 e. The van der Waals surface area contributed by atoms with Crippen molar-refractivity contribution in [2.24, 2.45) is 0 Å². The molecule has 0 aliphatic heterocycles. The average molecular weight is 271 g/mol. The van der Waals surface area contributed by atoms with E-state index in [1.54, 1.807) is 31.4 Å². The number of benzene rings is 1. The number of hydrogen-bond acceptors (Lipinski definition) is 6. The average Bonchev–Trinajstić information content (AvgIpc) is 2.36. The van der Waals surface area contributed by atoms with Crippen LogP contribution in [0.15, 0.2) is 29.1 Å². The van der Waals surface area contributed by atoms with E-state index < -0.39 is 5.43 Å². The van der Waals surface area contributed by atoms with Crippen LogP contribution in [0.25, 0.3) is 0 Å². The van der Waals surface area contributed by atoms with Gasteiger partial charge in [0.2, 0.25) is 0 Å². The molecule has 0 atom stereocenters. The van der Waals surface area contributed by atoms with Crippen molar-refractivity contribution < 1.29 is 9.47 Å². The zero-order chi connectivity index (χ0) is 12.3. The van der Waals surface area contributed by atoms with E-state index in [1.807, 2.05) is 0 Å². The molecule has 0 spiro atoms. The standard InChI is InChI=1S/C10H7ClN2O3S/c1-15-6-2-4-7(5-3-6)16-10-8(14)9(11)12-17-13-10/h2-5H,1H3. The molecule has 0 N–H and O–H groups in total. The molecule has 1 heterocycles. The number of hydrogen-bond donors (Lipinski definition) is 0. The van der Waals surface area contributed by atoms with Gasteiger partial charge in [-0.05, 0) is 24.3 Å². The fourth-order valence-corrected chi connectivity index (χ4v) is 1.65. The van der Waals surface area contributed by atoms with Crippen molar-refractivity contribution in [2.75, 3.05) is 7.11 Å². The molecule has 7 heteroatoms. The predicted octanol–water partition coefficient (Wildman–Crippen LogP) is 2.35. The number of nitrogens with zero attached hydrogens (tertiary/aromatic N) is 2. The summed E-state index contributed by atoms with van der Waals surface area (Å²) in [5.41, 5.74) is -0.527. The summed E-state index contributed by atoms with van der Waals surface area (Å²) >= 11 is 6.39. The summed E-state index contributed by atoms with van der Waals surface area (Å²) in [4.78, 5) is 11.5. The lowest BCUT2D eigenvalue weighted by atomic mass is 10.3. The normalized spacial score (nSPS) is 10.0. The number of methoxy groups -OCH3 is 1. The summed E-state index contributed by atoms with van der Waals surface area (Å²) in [5.74, 6) is 1.09. The molecule has 2 rings (SSSR count). The Morgan fingerprint density at radius 2 is 1.82 bits per heavy atom. The maximum atomic E-state index is 11.5. The van der Waals surface area contributed by atoms with E-state index in [9.17, 15) is 4.79 Å². The lowest BCUT2D eigenvalue weighted by Gasteiger charge is -2.04. The van der Waals surface area contributed by atoms with E-state index in [0.717, 1.165) is 11.7 Å². The zero-order valence-electron chi connectivity index (χ0n) is 8.71. The molecule has 0 unspecified atom stereocenters. The maximum Gasteiger partial charge on any atom is 0.283 e. The van der Waals surface area contributed by atoms with Gasteiger partial charge in [0.15, 0.2) is 5.15 Å². The van der Waals surface area contributed by atoms with E-state index in [2.05, 4.69) is 8.75 Å². The van der Waals surface area contributed by atoms with Gasteiger partial charge in [-0.15, -0.1) is 4.37 Å². The molecule has 5 nitrogen and oxygen atoms in total. The number of ether oxygens (including phenoxy) is 2. The van der Waals surface area contributed by atoms with Crippen LogP contribution in [0, 0.1) is 0 Å². The smallest absolute Gasteiger partial charge is 0.283 e. The molecule has 17 heavy (non-hydrogen) atoms. The van der Waals surface area contributed by atoms with Crippen LogP contribution in [0.3, 0.4) is 0 Å². The number of aromatic nitrogens is 2. The number of halogens is 1. The van der Waals surface area contributed by atoms with Gasteiger partial charge in [0, 0.05) is 0 Å². The summed E-state index contributed by atoms with van der Waals surface area (Å²) in [6.45, 7) is 0. The fourth-order valence-electron chi connectivity index (χ4n) is 1.08. The summed E-state index contributed by atoms with van der Waals surface area (Å²) in [6, 6.07) is 6.76. The lowest BCUT2D eigenvalue weighted by Crippen LogP contribution is -2.07. The van der Waals surface area contributed by atoms with E-state index >= 15 is 0 Å². The highest BCUT2D eigenvalue weighted by Gasteiger charge is 2.09. The summed E-state index contributed by atoms with van der Waals surface area (Å²) in [7, 11) is 1.57. The minimum absolute atomic E-state index is 0.0832. The van der Waals surface area contributed by atoms with Gasteiger partial charge in [0.25, 0.3) is 11.3 Å². The summed E-state index contributed by atoms with van der Waals surface area (Å²) < 4.78 is 17.6. The second kappa shape index (κ2) is 5.11. The third-order valence-corrected chi connectivity index (χ3v) is 2.77. The molecule has 2 aromatic rings. The Balaban J connectivity index is 2.25. The summed E-state index contributed by atoms with van der Waals surface area (Å²) in [5, 5.41) is -0.145. The highest BCUT2D eigenvalue weighted by atomic mass is 35.5. The lowest BCUT2D eigenvalue weighted by molar-refractivity contribution is 0.412. The first-order chi connectivity index (χ1) is 8.20. The van der Waals surface area contributed by atoms with Crippen molar-refractivity contribution in [3.8, 4) is 17.4 Å². The molecule has 0 aliphatic rings. The van der Waals surface area contributed by atoms with E-state index in [-0.39, 0.29) is 11.0 Å². The van der Waals surface area contributed by atoms with Gasteiger partial charge in [-0.2, -0.15) is 4.37 Å². The SMILES string of the molecule is COc1ccc(Oc2nsnc(Cl)c2=O)cc1. The maximum absolute atomic E-state index is 11.5. The Labute approximate surface area is 106 Å². The third kappa shape index (κ3) is 2.72. The van der Waals surface area contributed by atoms with Gasteiger partial charge in [-0.3, -0.25) is 4.79 Å². The first-order valence-corrected chi connectivity index (χ1v) is 5.66. The molecular weight excluding hydrogens is 264 g/mol. The van der Waals surface area contributed by atoms with Gasteiger partial charge in [-0.25, -0.2) is 0 Å². The van der Waals surface area contributed by atoms with Crippen LogP contribution in [0.2, 0.25) is 5.15 Å². The van der Waals surface area contributed by atoms with Crippen LogP contribution in [0.5, 0.6) is 17.4 Å². The van der Waals surface area contributed by atoms with Crippen molar-refractivity contribution in [1.29, 1.82) is 0 Å². The van der Waals surface area contributed by atoms with Crippen LogP contribution in [-0.4, -0.2) is 15.9 Å². The van der Waals surface area contributed by atoms with Gasteiger partial charge in [0.1, 0.15) is 11.5 Å². The topological polar surface area (TPSA) is 61.3 Å². The van der Waals surface area contributed by atoms with Gasteiger partial charge in [-0.1, -0.05) is 11.6 Å². The van der Waals surface area contributed by atoms with Crippen molar-refractivity contribution in [2.45, 2.75) is 0 Å². The van der Waals surface area contributed by atoms with Crippen molar-refractivity contribution in [1.82, 2.24) is 8.75 Å². The third-order valence-electron chi connectivity index (χ3n) is 1.90. The van der Waals surface area contributed by atoms with E-state index in [1.165, 1.54) is 0 Å². The van der Waals surface area contributed by atoms with Crippen LogP contribution < -0.4 is 14.9 Å². The Hall–Kier alpha value is -1.66. The van der Waals surface area contributed by atoms with Crippen LogP contribution >= 0.6 is 23.3 Å². The second-order valence-electron chi connectivity index (χ2n) is 2.97. The molecule has 1 aromatic heterocycles. The van der Waals surface area contributed by atoms with Crippen molar-refractivity contribution in [3.05, 3.63) is 39.6 Å². The Bertz CT molecular complexity index is 571.